The lowest BCUT2D eigenvalue weighted by molar-refractivity contribution is -0.143. The van der Waals surface area contributed by atoms with Crippen LogP contribution < -0.4 is 9.47 Å². The van der Waals surface area contributed by atoms with E-state index in [0.29, 0.717) is 44.8 Å². The zero-order chi connectivity index (χ0) is 25.4. The van der Waals surface area contributed by atoms with E-state index in [-0.39, 0.29) is 30.8 Å². The summed E-state index contributed by atoms with van der Waals surface area (Å²) in [5, 5.41) is 0. The monoisotopic (exact) mass is 584 g/mol. The highest BCUT2D eigenvalue weighted by molar-refractivity contribution is 9.10. The number of carbonyl (C=O) groups is 3. The van der Waals surface area contributed by atoms with Crippen LogP contribution in [0.2, 0.25) is 0 Å². The fraction of sp³-hybridized carbons (Fsp3) is 0.500. The lowest BCUT2D eigenvalue weighted by Gasteiger charge is -2.26. The summed E-state index contributed by atoms with van der Waals surface area (Å²) in [6.45, 7) is 3.90. The van der Waals surface area contributed by atoms with Crippen molar-refractivity contribution in [2.45, 2.75) is 39.0 Å². The second-order valence-electron chi connectivity index (χ2n) is 8.01. The lowest BCUT2D eigenvalue weighted by Crippen LogP contribution is -2.38. The van der Waals surface area contributed by atoms with Crippen molar-refractivity contribution < 1.29 is 28.6 Å². The Morgan fingerprint density at radius 2 is 1.97 bits per heavy atom. The first-order valence-electron chi connectivity index (χ1n) is 11.5. The van der Waals surface area contributed by atoms with Crippen LogP contribution in [0.3, 0.4) is 0 Å². The van der Waals surface area contributed by atoms with Crippen molar-refractivity contribution in [2.24, 2.45) is 0 Å². The van der Waals surface area contributed by atoms with Crippen LogP contribution in [0.25, 0.3) is 6.08 Å². The number of hydrogen-bond acceptors (Lipinski definition) is 8. The molecule has 3 rings (SSSR count). The Balaban J connectivity index is 1.66. The van der Waals surface area contributed by atoms with Crippen molar-refractivity contribution in [3.8, 4) is 11.5 Å². The molecule has 0 N–H and O–H groups in total. The van der Waals surface area contributed by atoms with Gasteiger partial charge in [-0.1, -0.05) is 24.0 Å². The third kappa shape index (κ3) is 7.44. The van der Waals surface area contributed by atoms with Crippen LogP contribution in [0.4, 0.5) is 0 Å². The predicted octanol–water partition coefficient (Wildman–Crippen LogP) is 4.39. The molecule has 1 aromatic carbocycles. The summed E-state index contributed by atoms with van der Waals surface area (Å²) in [4.78, 5) is 40.7. The fourth-order valence-electron chi connectivity index (χ4n) is 3.79. The first-order valence-corrected chi connectivity index (χ1v) is 13.5. The minimum Gasteiger partial charge on any atom is -0.493 e. The number of hydrogen-bond donors (Lipinski definition) is 0. The average Bonchev–Trinajstić information content (AvgIpc) is 3.10. The zero-order valence-electron chi connectivity index (χ0n) is 19.8. The summed E-state index contributed by atoms with van der Waals surface area (Å²) in [6, 6.07) is 3.55. The number of thiocarbonyl (C=S) groups is 1. The first-order chi connectivity index (χ1) is 16.8. The smallest absolute Gasteiger partial charge is 0.305 e. The number of thioether (sulfide) groups is 1. The van der Waals surface area contributed by atoms with Crippen LogP contribution >= 0.6 is 39.9 Å². The fourth-order valence-corrected chi connectivity index (χ4v) is 5.67. The van der Waals surface area contributed by atoms with Gasteiger partial charge in [0.25, 0.3) is 11.8 Å². The Morgan fingerprint density at radius 1 is 1.23 bits per heavy atom. The van der Waals surface area contributed by atoms with Crippen molar-refractivity contribution in [3.05, 3.63) is 27.1 Å². The summed E-state index contributed by atoms with van der Waals surface area (Å²) in [5.41, 5.74) is 0.718. The van der Waals surface area contributed by atoms with Gasteiger partial charge in [0, 0.05) is 26.1 Å². The van der Waals surface area contributed by atoms with Gasteiger partial charge in [-0.05, 0) is 72.3 Å². The maximum atomic E-state index is 12.9. The molecule has 0 atom stereocenters. The van der Waals surface area contributed by atoms with Crippen LogP contribution in [-0.2, 0) is 19.1 Å². The van der Waals surface area contributed by atoms with Crippen molar-refractivity contribution in [1.29, 1.82) is 0 Å². The number of rotatable bonds is 10. The number of ether oxygens (including phenoxy) is 3. The van der Waals surface area contributed by atoms with E-state index in [4.69, 9.17) is 26.4 Å². The van der Waals surface area contributed by atoms with E-state index in [2.05, 4.69) is 15.9 Å². The second-order valence-corrected chi connectivity index (χ2v) is 10.5. The van der Waals surface area contributed by atoms with Crippen molar-refractivity contribution >= 4 is 68.1 Å². The van der Waals surface area contributed by atoms with E-state index < -0.39 is 0 Å². The van der Waals surface area contributed by atoms with Gasteiger partial charge in [0.15, 0.2) is 18.1 Å². The highest BCUT2D eigenvalue weighted by Gasteiger charge is 2.32. The van der Waals surface area contributed by atoms with Gasteiger partial charge in [0.2, 0.25) is 0 Å². The van der Waals surface area contributed by atoms with E-state index in [1.165, 1.54) is 23.8 Å². The van der Waals surface area contributed by atoms with Gasteiger partial charge in [-0.25, -0.2) is 0 Å². The van der Waals surface area contributed by atoms with Crippen molar-refractivity contribution in [1.82, 2.24) is 9.80 Å². The molecule has 0 unspecified atom stereocenters. The maximum absolute atomic E-state index is 12.9. The largest absolute Gasteiger partial charge is 0.493 e. The minimum atomic E-state index is -0.287. The molecule has 11 heteroatoms. The van der Waals surface area contributed by atoms with Gasteiger partial charge in [-0.2, -0.15) is 0 Å². The quantitative estimate of drug-likeness (QED) is 0.227. The Morgan fingerprint density at radius 3 is 2.66 bits per heavy atom. The van der Waals surface area contributed by atoms with Crippen LogP contribution in [0, 0.1) is 0 Å². The van der Waals surface area contributed by atoms with Crippen LogP contribution in [0.5, 0.6) is 11.5 Å². The number of benzene rings is 1. The molecule has 2 amide bonds. The normalized spacial score (nSPS) is 17.2. The molecule has 0 aromatic heterocycles. The number of methoxy groups -OCH3 is 1. The summed E-state index contributed by atoms with van der Waals surface area (Å²) < 4.78 is 17.3. The number of piperidine rings is 1. The van der Waals surface area contributed by atoms with Crippen LogP contribution in [0.15, 0.2) is 21.5 Å². The molecular weight excluding hydrogens is 556 g/mol. The second kappa shape index (κ2) is 13.3. The average molecular weight is 586 g/mol. The summed E-state index contributed by atoms with van der Waals surface area (Å²) in [7, 11) is 1.52. The Labute approximate surface area is 223 Å². The maximum Gasteiger partial charge on any atom is 0.305 e. The van der Waals surface area contributed by atoms with E-state index in [1.54, 1.807) is 25.1 Å². The molecule has 190 valence electrons. The number of nitrogens with zero attached hydrogens (tertiary/aromatic N) is 2. The molecule has 2 saturated heterocycles. The highest BCUT2D eigenvalue weighted by atomic mass is 79.9. The molecule has 2 fully saturated rings. The predicted molar refractivity (Wildman–Crippen MR) is 142 cm³/mol. The highest BCUT2D eigenvalue weighted by Crippen LogP contribution is 2.39. The Bertz CT molecular complexity index is 1010. The van der Waals surface area contributed by atoms with E-state index in [9.17, 15) is 14.4 Å². The summed E-state index contributed by atoms with van der Waals surface area (Å²) in [5.74, 6) is 0.342. The first kappa shape index (κ1) is 27.5. The molecule has 2 aliphatic rings. The van der Waals surface area contributed by atoms with Gasteiger partial charge in [0.05, 0.1) is 23.1 Å². The molecular formula is C24H29BrN2O6S2. The van der Waals surface area contributed by atoms with Crippen LogP contribution in [0.1, 0.15) is 44.6 Å². The zero-order valence-corrected chi connectivity index (χ0v) is 23.1. The van der Waals surface area contributed by atoms with Crippen molar-refractivity contribution in [3.63, 3.8) is 0 Å². The topological polar surface area (TPSA) is 85.4 Å². The SMILES string of the molecule is CCOC(=O)CCCN1C(=O)/C(=C\c2cc(Br)c(OCC(=O)N3CCCCC3)c(OC)c2)SC1=S. The lowest BCUT2D eigenvalue weighted by atomic mass is 10.1. The molecule has 0 saturated carbocycles. The number of likely N-dealkylation sites (tertiary alicyclic amines) is 1. The molecule has 0 radical (unpaired) electrons. The Hall–Kier alpha value is -2.11. The van der Waals surface area contributed by atoms with Gasteiger partial charge in [-0.3, -0.25) is 19.3 Å². The van der Waals surface area contributed by atoms with Gasteiger partial charge < -0.3 is 19.1 Å². The third-order valence-corrected chi connectivity index (χ3v) is 7.51. The number of carbonyl (C=O) groups excluding carboxylic acids is 3. The standard InChI is InChI=1S/C24H29BrN2O6S2/c1-3-32-21(29)8-7-11-27-23(30)19(35-24(27)34)14-16-12-17(25)22(18(13-16)31-2)33-15-20(28)26-9-5-4-6-10-26/h12-14H,3-11,15H2,1-2H3/b19-14+. The molecule has 0 bridgehead atoms. The van der Waals surface area contributed by atoms with Gasteiger partial charge in [0.1, 0.15) is 4.32 Å². The van der Waals surface area contributed by atoms with E-state index >= 15 is 0 Å². The van der Waals surface area contributed by atoms with Gasteiger partial charge >= 0.3 is 5.97 Å². The van der Waals surface area contributed by atoms with E-state index in [0.717, 1.165) is 37.9 Å². The Kier molecular flexibility index (Phi) is 10.4. The van der Waals surface area contributed by atoms with Crippen molar-refractivity contribution in [2.75, 3.05) is 40.0 Å². The minimum absolute atomic E-state index is 0.0469. The molecule has 2 heterocycles. The summed E-state index contributed by atoms with van der Waals surface area (Å²) in [6.07, 6.45) is 5.63. The van der Waals surface area contributed by atoms with Crippen LogP contribution in [-0.4, -0.2) is 71.9 Å². The van der Waals surface area contributed by atoms with E-state index in [1.807, 2.05) is 4.90 Å². The number of halogens is 1. The molecule has 35 heavy (non-hydrogen) atoms. The molecule has 0 aliphatic carbocycles. The number of amides is 2. The molecule has 0 spiro atoms. The number of esters is 1. The molecule has 8 nitrogen and oxygen atoms in total. The molecule has 2 aliphatic heterocycles. The van der Waals surface area contributed by atoms with Gasteiger partial charge in [-0.15, -0.1) is 0 Å². The summed E-state index contributed by atoms with van der Waals surface area (Å²) >= 11 is 10.1. The molecule has 1 aromatic rings. The third-order valence-electron chi connectivity index (χ3n) is 5.54.